The summed E-state index contributed by atoms with van der Waals surface area (Å²) in [4.78, 5) is 9.05. The Morgan fingerprint density at radius 3 is 2.50 bits per heavy atom. The van der Waals surface area contributed by atoms with Gasteiger partial charge in [-0.3, -0.25) is 0 Å². The molecule has 4 nitrogen and oxygen atoms in total. The van der Waals surface area contributed by atoms with Crippen molar-refractivity contribution in [3.8, 4) is 0 Å². The molecule has 1 aliphatic rings. The molecule has 112 valence electrons. The van der Waals surface area contributed by atoms with Crippen LogP contribution in [0.15, 0.2) is 18.3 Å². The topological polar surface area (TPSA) is 31.4 Å². The number of nitrogens with one attached hydrogen (secondary N) is 1. The normalized spacial score (nSPS) is 17.4. The number of hydrogen-bond acceptors (Lipinski definition) is 4. The lowest BCUT2D eigenvalue weighted by Crippen LogP contribution is -2.40. The van der Waals surface area contributed by atoms with E-state index < -0.39 is 0 Å². The van der Waals surface area contributed by atoms with Crippen LogP contribution in [0.2, 0.25) is 0 Å². The minimum absolute atomic E-state index is 0.588. The summed E-state index contributed by atoms with van der Waals surface area (Å²) in [6.45, 7) is 8.23. The van der Waals surface area contributed by atoms with Gasteiger partial charge in [0.1, 0.15) is 5.82 Å². The van der Waals surface area contributed by atoms with Gasteiger partial charge in [-0.15, -0.1) is 0 Å². The Balaban J connectivity index is 1.80. The monoisotopic (exact) mass is 276 g/mol. The first-order valence-corrected chi connectivity index (χ1v) is 7.67. The molecule has 0 amide bonds. The predicted molar refractivity (Wildman–Crippen MR) is 86.5 cm³/mol. The molecule has 0 atom stereocenters. The third kappa shape index (κ3) is 4.37. The first-order chi connectivity index (χ1) is 9.54. The third-order valence-electron chi connectivity index (χ3n) is 3.79. The largest absolute Gasteiger partial charge is 0.381 e. The average Bonchev–Trinajstić information content (AvgIpc) is 2.41. The zero-order valence-electron chi connectivity index (χ0n) is 13.3. The minimum Gasteiger partial charge on any atom is -0.381 e. The lowest BCUT2D eigenvalue weighted by molar-refractivity contribution is 0.198. The van der Waals surface area contributed by atoms with Crippen LogP contribution in [0, 0.1) is 5.92 Å². The van der Waals surface area contributed by atoms with Gasteiger partial charge < -0.3 is 15.1 Å². The first kappa shape index (κ1) is 15.1. The van der Waals surface area contributed by atoms with Crippen LogP contribution in [0.1, 0.15) is 26.7 Å². The van der Waals surface area contributed by atoms with Crippen molar-refractivity contribution in [2.24, 2.45) is 5.92 Å². The zero-order chi connectivity index (χ0) is 14.5. The van der Waals surface area contributed by atoms with E-state index in [1.807, 2.05) is 25.2 Å². The van der Waals surface area contributed by atoms with Gasteiger partial charge in [-0.1, -0.05) is 13.8 Å². The second-order valence-corrected chi connectivity index (χ2v) is 6.41. The maximum absolute atomic E-state index is 4.45. The molecule has 4 heteroatoms. The van der Waals surface area contributed by atoms with Crippen LogP contribution in [-0.2, 0) is 0 Å². The minimum atomic E-state index is 0.588. The lowest BCUT2D eigenvalue weighted by Gasteiger charge is -2.33. The van der Waals surface area contributed by atoms with Gasteiger partial charge in [0.05, 0.1) is 11.9 Å². The van der Waals surface area contributed by atoms with Crippen LogP contribution in [-0.4, -0.2) is 49.7 Å². The highest BCUT2D eigenvalue weighted by Gasteiger charge is 2.19. The third-order valence-corrected chi connectivity index (χ3v) is 3.79. The van der Waals surface area contributed by atoms with Gasteiger partial charge in [0.15, 0.2) is 0 Å². The fourth-order valence-electron chi connectivity index (χ4n) is 2.75. The van der Waals surface area contributed by atoms with Crippen molar-refractivity contribution >= 4 is 11.5 Å². The smallest absolute Gasteiger partial charge is 0.128 e. The molecule has 1 aromatic rings. The molecule has 1 saturated heterocycles. The molecule has 2 heterocycles. The van der Waals surface area contributed by atoms with Gasteiger partial charge in [0.25, 0.3) is 0 Å². The summed E-state index contributed by atoms with van der Waals surface area (Å²) in [6.07, 6.45) is 4.39. The van der Waals surface area contributed by atoms with E-state index in [2.05, 4.69) is 41.2 Å². The highest BCUT2D eigenvalue weighted by molar-refractivity contribution is 5.48. The van der Waals surface area contributed by atoms with E-state index in [4.69, 9.17) is 0 Å². The van der Waals surface area contributed by atoms with Gasteiger partial charge in [-0.2, -0.15) is 0 Å². The molecule has 20 heavy (non-hydrogen) atoms. The summed E-state index contributed by atoms with van der Waals surface area (Å²) in [5, 5.41) is 3.61. The molecule has 1 N–H and O–H groups in total. The highest BCUT2D eigenvalue weighted by atomic mass is 15.1. The van der Waals surface area contributed by atoms with Crippen molar-refractivity contribution in [3.05, 3.63) is 18.3 Å². The summed E-state index contributed by atoms with van der Waals surface area (Å²) in [5.74, 6) is 1.77. The van der Waals surface area contributed by atoms with Crippen molar-refractivity contribution in [1.82, 2.24) is 9.88 Å². The van der Waals surface area contributed by atoms with E-state index in [9.17, 15) is 0 Å². The number of pyridine rings is 1. The Hall–Kier alpha value is -1.29. The standard InChI is InChI=1S/C16H28N4/c1-13(2)12-20-9-7-14(8-10-20)18-15-5-6-16(17-11-15)19(3)4/h5-6,11,13-14,18H,7-10,12H2,1-4H3. The van der Waals surface area contributed by atoms with Gasteiger partial charge in [0, 0.05) is 39.8 Å². The Labute approximate surface area is 123 Å². The molecule has 0 radical (unpaired) electrons. The summed E-state index contributed by atoms with van der Waals surface area (Å²) in [6, 6.07) is 4.78. The molecule has 1 fully saturated rings. The molecule has 2 rings (SSSR count). The molecule has 0 spiro atoms. The Morgan fingerprint density at radius 2 is 2.00 bits per heavy atom. The van der Waals surface area contributed by atoms with Crippen LogP contribution in [0.4, 0.5) is 11.5 Å². The zero-order valence-corrected chi connectivity index (χ0v) is 13.3. The van der Waals surface area contributed by atoms with E-state index in [-0.39, 0.29) is 0 Å². The first-order valence-electron chi connectivity index (χ1n) is 7.67. The van der Waals surface area contributed by atoms with Crippen molar-refractivity contribution in [2.75, 3.05) is 43.9 Å². The van der Waals surface area contributed by atoms with Crippen LogP contribution in [0.3, 0.4) is 0 Å². The van der Waals surface area contributed by atoms with E-state index >= 15 is 0 Å². The van der Waals surface area contributed by atoms with Gasteiger partial charge in [-0.25, -0.2) is 4.98 Å². The van der Waals surface area contributed by atoms with E-state index in [0.717, 1.165) is 17.4 Å². The number of piperidine rings is 1. The average molecular weight is 276 g/mol. The van der Waals surface area contributed by atoms with Crippen LogP contribution in [0.25, 0.3) is 0 Å². The molecule has 0 saturated carbocycles. The second-order valence-electron chi connectivity index (χ2n) is 6.41. The Bertz CT molecular complexity index is 391. The molecule has 0 bridgehead atoms. The number of nitrogens with zero attached hydrogens (tertiary/aromatic N) is 3. The Morgan fingerprint density at radius 1 is 1.30 bits per heavy atom. The second kappa shape index (κ2) is 6.93. The van der Waals surface area contributed by atoms with Crippen molar-refractivity contribution < 1.29 is 0 Å². The fourth-order valence-corrected chi connectivity index (χ4v) is 2.75. The van der Waals surface area contributed by atoms with E-state index in [1.165, 1.54) is 32.5 Å². The van der Waals surface area contributed by atoms with Crippen LogP contribution >= 0.6 is 0 Å². The summed E-state index contributed by atoms with van der Waals surface area (Å²) in [5.41, 5.74) is 1.14. The molecule has 1 aliphatic heterocycles. The van der Waals surface area contributed by atoms with E-state index in [0.29, 0.717) is 6.04 Å². The molecular formula is C16H28N4. The van der Waals surface area contributed by atoms with Crippen molar-refractivity contribution in [2.45, 2.75) is 32.7 Å². The van der Waals surface area contributed by atoms with Gasteiger partial charge >= 0.3 is 0 Å². The maximum Gasteiger partial charge on any atom is 0.128 e. The summed E-state index contributed by atoms with van der Waals surface area (Å²) >= 11 is 0. The molecule has 0 unspecified atom stereocenters. The lowest BCUT2D eigenvalue weighted by atomic mass is 10.0. The van der Waals surface area contributed by atoms with Crippen molar-refractivity contribution in [3.63, 3.8) is 0 Å². The summed E-state index contributed by atoms with van der Waals surface area (Å²) < 4.78 is 0. The quantitative estimate of drug-likeness (QED) is 0.896. The van der Waals surface area contributed by atoms with E-state index in [1.54, 1.807) is 0 Å². The molecule has 0 aromatic carbocycles. The number of likely N-dealkylation sites (tertiary alicyclic amines) is 1. The number of hydrogen-bond donors (Lipinski definition) is 1. The SMILES string of the molecule is CC(C)CN1CCC(Nc2ccc(N(C)C)nc2)CC1. The van der Waals surface area contributed by atoms with Crippen LogP contribution in [0.5, 0.6) is 0 Å². The number of rotatable bonds is 5. The van der Waals surface area contributed by atoms with Gasteiger partial charge in [-0.05, 0) is 30.9 Å². The Kier molecular flexibility index (Phi) is 5.24. The highest BCUT2D eigenvalue weighted by Crippen LogP contribution is 2.18. The molecular weight excluding hydrogens is 248 g/mol. The maximum atomic E-state index is 4.45. The van der Waals surface area contributed by atoms with Crippen LogP contribution < -0.4 is 10.2 Å². The van der Waals surface area contributed by atoms with Gasteiger partial charge in [0.2, 0.25) is 0 Å². The fraction of sp³-hybridized carbons (Fsp3) is 0.688. The number of anilines is 2. The van der Waals surface area contributed by atoms with Crippen molar-refractivity contribution in [1.29, 1.82) is 0 Å². The molecule has 0 aliphatic carbocycles. The summed E-state index contributed by atoms with van der Waals surface area (Å²) in [7, 11) is 4.03. The predicted octanol–water partition coefficient (Wildman–Crippen LogP) is 2.68. The molecule has 1 aromatic heterocycles. The number of aromatic nitrogens is 1.